The minimum absolute atomic E-state index is 0.159. The van der Waals surface area contributed by atoms with Gasteiger partial charge in [-0.05, 0) is 38.1 Å². The van der Waals surface area contributed by atoms with E-state index in [2.05, 4.69) is 5.10 Å². The molecule has 0 saturated carbocycles. The lowest BCUT2D eigenvalue weighted by molar-refractivity contribution is 0.0942. The Morgan fingerprint density at radius 1 is 1.25 bits per heavy atom. The summed E-state index contributed by atoms with van der Waals surface area (Å²) in [6, 6.07) is 7.63. The van der Waals surface area contributed by atoms with Crippen LogP contribution in [0.5, 0.6) is 0 Å². The Morgan fingerprint density at radius 3 is 2.65 bits per heavy atom. The van der Waals surface area contributed by atoms with Gasteiger partial charge >= 0.3 is 0 Å². The highest BCUT2D eigenvalue weighted by Gasteiger charge is 2.16. The molecule has 5 nitrogen and oxygen atoms in total. The van der Waals surface area contributed by atoms with E-state index in [0.29, 0.717) is 22.6 Å². The van der Waals surface area contributed by atoms with Crippen LogP contribution in [-0.4, -0.2) is 20.3 Å². The van der Waals surface area contributed by atoms with Crippen molar-refractivity contribution in [2.24, 2.45) is 7.05 Å². The normalized spacial score (nSPS) is 11.2. The molecule has 2 N–H and O–H groups in total. The third-order valence-corrected chi connectivity index (χ3v) is 3.67. The highest BCUT2D eigenvalue weighted by atomic mass is 16.2. The lowest BCUT2D eigenvalue weighted by Crippen LogP contribution is -2.15. The van der Waals surface area contributed by atoms with Crippen molar-refractivity contribution in [2.75, 3.05) is 5.73 Å². The highest BCUT2D eigenvalue weighted by Crippen LogP contribution is 2.20. The Bertz CT molecular complexity index is 826. The molecule has 0 spiro atoms. The second kappa shape index (κ2) is 4.23. The van der Waals surface area contributed by atoms with Gasteiger partial charge in [0, 0.05) is 29.7 Å². The number of rotatable bonds is 1. The lowest BCUT2D eigenvalue weighted by Gasteiger charge is -2.04. The van der Waals surface area contributed by atoms with Crippen LogP contribution >= 0.6 is 0 Å². The number of nitrogen functional groups attached to an aromatic ring is 1. The number of anilines is 1. The quantitative estimate of drug-likeness (QED) is 0.736. The summed E-state index contributed by atoms with van der Waals surface area (Å²) in [5.41, 5.74) is 9.50. The van der Waals surface area contributed by atoms with Crippen LogP contribution in [0.1, 0.15) is 21.7 Å². The number of hydrogen-bond donors (Lipinski definition) is 1. The Hall–Kier alpha value is -2.56. The molecule has 0 aliphatic rings. The average Bonchev–Trinajstić information content (AvgIpc) is 2.94. The fourth-order valence-electron chi connectivity index (χ4n) is 2.39. The molecule has 3 aromatic rings. The van der Waals surface area contributed by atoms with Crippen molar-refractivity contribution in [1.29, 1.82) is 0 Å². The summed E-state index contributed by atoms with van der Waals surface area (Å²) in [7, 11) is 1.98. The van der Waals surface area contributed by atoms with E-state index in [9.17, 15) is 4.79 Å². The number of nitrogens with two attached hydrogens (primary N) is 1. The van der Waals surface area contributed by atoms with Gasteiger partial charge < -0.3 is 10.3 Å². The fraction of sp³-hybridized carbons (Fsp3) is 0.200. The van der Waals surface area contributed by atoms with Crippen LogP contribution in [0.3, 0.4) is 0 Å². The Kier molecular flexibility index (Phi) is 2.64. The van der Waals surface area contributed by atoms with Crippen molar-refractivity contribution in [3.05, 3.63) is 47.4 Å². The number of aromatic nitrogens is 3. The minimum atomic E-state index is -0.159. The number of aryl methyl sites for hydroxylation is 2. The predicted octanol–water partition coefficient (Wildman–Crippen LogP) is 2.26. The first-order valence-electron chi connectivity index (χ1n) is 6.40. The first-order valence-corrected chi connectivity index (χ1v) is 6.40. The van der Waals surface area contributed by atoms with Gasteiger partial charge in [-0.3, -0.25) is 4.79 Å². The van der Waals surface area contributed by atoms with Crippen LogP contribution in [0, 0.1) is 13.8 Å². The Morgan fingerprint density at radius 2 is 2.00 bits per heavy atom. The van der Waals surface area contributed by atoms with Gasteiger partial charge in [0.15, 0.2) is 0 Å². The number of benzene rings is 1. The molecule has 0 saturated heterocycles. The predicted molar refractivity (Wildman–Crippen MR) is 78.8 cm³/mol. The molecule has 0 atom stereocenters. The largest absolute Gasteiger partial charge is 0.396 e. The van der Waals surface area contributed by atoms with Gasteiger partial charge in [0.1, 0.15) is 0 Å². The van der Waals surface area contributed by atoms with Crippen LogP contribution < -0.4 is 5.73 Å². The molecule has 3 rings (SSSR count). The van der Waals surface area contributed by atoms with Gasteiger partial charge in [-0.1, -0.05) is 0 Å². The van der Waals surface area contributed by atoms with Crippen LogP contribution in [-0.2, 0) is 7.05 Å². The van der Waals surface area contributed by atoms with Crippen LogP contribution in [0.4, 0.5) is 5.69 Å². The molecule has 0 bridgehead atoms. The van der Waals surface area contributed by atoms with E-state index in [-0.39, 0.29) is 5.91 Å². The summed E-state index contributed by atoms with van der Waals surface area (Å²) in [6.45, 7) is 3.60. The van der Waals surface area contributed by atoms with Gasteiger partial charge in [0.2, 0.25) is 0 Å². The molecular weight excluding hydrogens is 252 g/mol. The summed E-state index contributed by atoms with van der Waals surface area (Å²) in [5.74, 6) is -0.159. The zero-order valence-electron chi connectivity index (χ0n) is 11.7. The third-order valence-electron chi connectivity index (χ3n) is 3.67. The number of fused-ring (bicyclic) bond motifs is 1. The molecule has 102 valence electrons. The van der Waals surface area contributed by atoms with E-state index in [1.807, 2.05) is 42.1 Å². The summed E-state index contributed by atoms with van der Waals surface area (Å²) in [4.78, 5) is 12.5. The number of carbonyl (C=O) groups is 1. The van der Waals surface area contributed by atoms with Crippen molar-refractivity contribution in [2.45, 2.75) is 13.8 Å². The van der Waals surface area contributed by atoms with Crippen molar-refractivity contribution in [3.8, 4) is 0 Å². The molecule has 20 heavy (non-hydrogen) atoms. The maximum Gasteiger partial charge on any atom is 0.278 e. The number of nitrogens with zero attached hydrogens (tertiary/aromatic N) is 3. The number of hydrogen-bond acceptors (Lipinski definition) is 3. The topological polar surface area (TPSA) is 65.8 Å². The SMILES string of the molecule is Cc1nn(C(=O)c2ccc3c(ccn3C)c2)c(C)c1N. The first kappa shape index (κ1) is 12.5. The van der Waals surface area contributed by atoms with Crippen molar-refractivity contribution >= 4 is 22.5 Å². The molecule has 2 aromatic heterocycles. The molecule has 0 fully saturated rings. The van der Waals surface area contributed by atoms with E-state index in [4.69, 9.17) is 5.73 Å². The van der Waals surface area contributed by atoms with Gasteiger partial charge in [0.05, 0.1) is 17.1 Å². The van der Waals surface area contributed by atoms with Gasteiger partial charge in [0.25, 0.3) is 5.91 Å². The van der Waals surface area contributed by atoms with Gasteiger partial charge in [-0.25, -0.2) is 0 Å². The fourth-order valence-corrected chi connectivity index (χ4v) is 2.39. The van der Waals surface area contributed by atoms with Crippen molar-refractivity contribution < 1.29 is 4.79 Å². The highest BCUT2D eigenvalue weighted by molar-refractivity contribution is 5.99. The Labute approximate surface area is 116 Å². The lowest BCUT2D eigenvalue weighted by atomic mass is 10.1. The number of carbonyl (C=O) groups excluding carboxylic acids is 1. The molecule has 1 aromatic carbocycles. The van der Waals surface area contributed by atoms with Gasteiger partial charge in [-0.15, -0.1) is 0 Å². The maximum atomic E-state index is 12.5. The van der Waals surface area contributed by atoms with E-state index in [1.165, 1.54) is 4.68 Å². The third kappa shape index (κ3) is 1.71. The van der Waals surface area contributed by atoms with Gasteiger partial charge in [-0.2, -0.15) is 9.78 Å². The minimum Gasteiger partial charge on any atom is -0.396 e. The van der Waals surface area contributed by atoms with Crippen LogP contribution in [0.25, 0.3) is 10.9 Å². The molecule has 0 unspecified atom stereocenters. The van der Waals surface area contributed by atoms with Crippen LogP contribution in [0.15, 0.2) is 30.5 Å². The monoisotopic (exact) mass is 268 g/mol. The van der Waals surface area contributed by atoms with Crippen molar-refractivity contribution in [1.82, 2.24) is 14.3 Å². The average molecular weight is 268 g/mol. The smallest absolute Gasteiger partial charge is 0.278 e. The zero-order chi connectivity index (χ0) is 14.4. The molecular formula is C15H16N4O. The summed E-state index contributed by atoms with van der Waals surface area (Å²) < 4.78 is 3.39. The van der Waals surface area contributed by atoms with Crippen LogP contribution in [0.2, 0.25) is 0 Å². The van der Waals surface area contributed by atoms with Crippen molar-refractivity contribution in [3.63, 3.8) is 0 Å². The molecule has 0 radical (unpaired) electrons. The molecule has 0 aliphatic heterocycles. The molecule has 2 heterocycles. The summed E-state index contributed by atoms with van der Waals surface area (Å²) in [6.07, 6.45) is 1.97. The Balaban J connectivity index is 2.10. The second-order valence-electron chi connectivity index (χ2n) is 5.00. The van der Waals surface area contributed by atoms with E-state index in [1.54, 1.807) is 13.8 Å². The maximum absolute atomic E-state index is 12.5. The second-order valence-corrected chi connectivity index (χ2v) is 5.00. The first-order chi connectivity index (χ1) is 9.49. The summed E-state index contributed by atoms with van der Waals surface area (Å²) >= 11 is 0. The summed E-state index contributed by atoms with van der Waals surface area (Å²) in [5, 5.41) is 5.24. The molecule has 0 aliphatic carbocycles. The van der Waals surface area contributed by atoms with E-state index >= 15 is 0 Å². The zero-order valence-corrected chi connectivity index (χ0v) is 11.7. The molecule has 0 amide bonds. The van der Waals surface area contributed by atoms with E-state index in [0.717, 1.165) is 10.9 Å². The van der Waals surface area contributed by atoms with E-state index < -0.39 is 0 Å². The molecule has 5 heteroatoms. The standard InChI is InChI=1S/C15H16N4O/c1-9-14(16)10(2)19(17-9)15(20)12-4-5-13-11(8-12)6-7-18(13)3/h4-8H,16H2,1-3H3.